The number of carbonyl (C=O) groups excluding carboxylic acids is 1. The molecule has 4 heteroatoms. The van der Waals surface area contributed by atoms with Gasteiger partial charge in [0.05, 0.1) is 13.5 Å². The van der Waals surface area contributed by atoms with E-state index >= 15 is 0 Å². The van der Waals surface area contributed by atoms with E-state index in [1.165, 1.54) is 0 Å². The second-order valence-corrected chi connectivity index (χ2v) is 4.83. The van der Waals surface area contributed by atoms with E-state index < -0.39 is 0 Å². The molecule has 1 aromatic carbocycles. The second kappa shape index (κ2) is 8.81. The van der Waals surface area contributed by atoms with Crippen LogP contribution in [-0.2, 0) is 11.2 Å². The normalized spacial score (nSPS) is 10.3. The van der Waals surface area contributed by atoms with Crippen molar-refractivity contribution in [2.24, 2.45) is 0 Å². The zero-order chi connectivity index (χ0) is 14.1. The quantitative estimate of drug-likeness (QED) is 0.686. The van der Waals surface area contributed by atoms with E-state index in [1.807, 2.05) is 29.2 Å². The summed E-state index contributed by atoms with van der Waals surface area (Å²) < 4.78 is 5.16. The Labute approximate surface area is 120 Å². The first kappa shape index (κ1) is 15.8. The van der Waals surface area contributed by atoms with Gasteiger partial charge in [-0.05, 0) is 24.1 Å². The number of alkyl halides is 1. The van der Waals surface area contributed by atoms with Crippen molar-refractivity contribution < 1.29 is 9.53 Å². The molecule has 0 aromatic heterocycles. The van der Waals surface area contributed by atoms with Crippen LogP contribution in [-0.4, -0.2) is 36.9 Å². The SMILES string of the molecule is CCCCN(CCCl)C(=O)Cc1cccc(OC)c1. The van der Waals surface area contributed by atoms with Gasteiger partial charge in [0.15, 0.2) is 0 Å². The largest absolute Gasteiger partial charge is 0.497 e. The van der Waals surface area contributed by atoms with Gasteiger partial charge in [-0.3, -0.25) is 4.79 Å². The van der Waals surface area contributed by atoms with Crippen molar-refractivity contribution in [2.45, 2.75) is 26.2 Å². The molecule has 0 aliphatic rings. The monoisotopic (exact) mass is 283 g/mol. The number of amides is 1. The molecule has 1 aromatic rings. The van der Waals surface area contributed by atoms with Crippen LogP contribution in [0.1, 0.15) is 25.3 Å². The third-order valence-electron chi connectivity index (χ3n) is 2.98. The first-order chi connectivity index (χ1) is 9.21. The van der Waals surface area contributed by atoms with Crippen molar-refractivity contribution in [2.75, 3.05) is 26.1 Å². The Kier molecular flexibility index (Phi) is 7.34. The molecule has 0 saturated carbocycles. The Morgan fingerprint density at radius 3 is 2.79 bits per heavy atom. The van der Waals surface area contributed by atoms with Gasteiger partial charge in [0.2, 0.25) is 5.91 Å². The average Bonchev–Trinajstić information content (AvgIpc) is 2.43. The number of hydrogen-bond acceptors (Lipinski definition) is 2. The number of methoxy groups -OCH3 is 1. The van der Waals surface area contributed by atoms with E-state index in [2.05, 4.69) is 6.92 Å². The zero-order valence-electron chi connectivity index (χ0n) is 11.7. The summed E-state index contributed by atoms with van der Waals surface area (Å²) in [6.45, 7) is 3.52. The molecule has 0 saturated heterocycles. The van der Waals surface area contributed by atoms with Crippen LogP contribution in [0.4, 0.5) is 0 Å². The molecule has 0 radical (unpaired) electrons. The molecule has 0 aliphatic carbocycles. The van der Waals surface area contributed by atoms with E-state index in [-0.39, 0.29) is 5.91 Å². The lowest BCUT2D eigenvalue weighted by molar-refractivity contribution is -0.130. The average molecular weight is 284 g/mol. The summed E-state index contributed by atoms with van der Waals surface area (Å²) in [4.78, 5) is 14.1. The number of hydrogen-bond donors (Lipinski definition) is 0. The van der Waals surface area contributed by atoms with Gasteiger partial charge in [0, 0.05) is 19.0 Å². The van der Waals surface area contributed by atoms with Crippen molar-refractivity contribution in [3.8, 4) is 5.75 Å². The van der Waals surface area contributed by atoms with Crippen LogP contribution in [0, 0.1) is 0 Å². The van der Waals surface area contributed by atoms with E-state index in [0.717, 1.165) is 30.7 Å². The number of carbonyl (C=O) groups is 1. The predicted octanol–water partition coefficient (Wildman–Crippen LogP) is 3.11. The number of halogens is 1. The van der Waals surface area contributed by atoms with E-state index in [9.17, 15) is 4.79 Å². The van der Waals surface area contributed by atoms with Crippen LogP contribution < -0.4 is 4.74 Å². The molecule has 0 spiro atoms. The molecule has 1 amide bonds. The molecule has 0 fully saturated rings. The third-order valence-corrected chi connectivity index (χ3v) is 3.15. The zero-order valence-corrected chi connectivity index (χ0v) is 12.4. The van der Waals surface area contributed by atoms with Gasteiger partial charge in [-0.2, -0.15) is 0 Å². The lowest BCUT2D eigenvalue weighted by Gasteiger charge is -2.21. The molecule has 0 N–H and O–H groups in total. The minimum absolute atomic E-state index is 0.127. The maximum absolute atomic E-state index is 12.2. The van der Waals surface area contributed by atoms with Gasteiger partial charge < -0.3 is 9.64 Å². The highest BCUT2D eigenvalue weighted by atomic mass is 35.5. The molecule has 19 heavy (non-hydrogen) atoms. The maximum Gasteiger partial charge on any atom is 0.227 e. The second-order valence-electron chi connectivity index (χ2n) is 4.45. The Balaban J connectivity index is 2.63. The van der Waals surface area contributed by atoms with Gasteiger partial charge in [-0.25, -0.2) is 0 Å². The van der Waals surface area contributed by atoms with Crippen molar-refractivity contribution in [3.63, 3.8) is 0 Å². The molecular formula is C15H22ClNO2. The van der Waals surface area contributed by atoms with Gasteiger partial charge >= 0.3 is 0 Å². The number of unbranched alkanes of at least 4 members (excludes halogenated alkanes) is 1. The van der Waals surface area contributed by atoms with Crippen LogP contribution in [0.3, 0.4) is 0 Å². The highest BCUT2D eigenvalue weighted by Gasteiger charge is 2.13. The molecular weight excluding hydrogens is 262 g/mol. The highest BCUT2D eigenvalue weighted by molar-refractivity contribution is 6.18. The van der Waals surface area contributed by atoms with Crippen LogP contribution in [0.2, 0.25) is 0 Å². The fraction of sp³-hybridized carbons (Fsp3) is 0.533. The summed E-state index contributed by atoms with van der Waals surface area (Å²) in [6, 6.07) is 7.62. The van der Waals surface area contributed by atoms with Crippen molar-refractivity contribution >= 4 is 17.5 Å². The number of nitrogens with zero attached hydrogens (tertiary/aromatic N) is 1. The smallest absolute Gasteiger partial charge is 0.227 e. The van der Waals surface area contributed by atoms with Crippen LogP contribution >= 0.6 is 11.6 Å². The first-order valence-corrected chi connectivity index (χ1v) is 7.21. The highest BCUT2D eigenvalue weighted by Crippen LogP contribution is 2.14. The van der Waals surface area contributed by atoms with Gasteiger partial charge in [0.25, 0.3) is 0 Å². The van der Waals surface area contributed by atoms with Crippen LogP contribution in [0.25, 0.3) is 0 Å². The fourth-order valence-corrected chi connectivity index (χ4v) is 2.09. The standard InChI is InChI=1S/C15H22ClNO2/c1-3-4-9-17(10-8-16)15(18)12-13-6-5-7-14(11-13)19-2/h5-7,11H,3-4,8-10,12H2,1-2H3. The number of benzene rings is 1. The van der Waals surface area contributed by atoms with Crippen molar-refractivity contribution in [3.05, 3.63) is 29.8 Å². The van der Waals surface area contributed by atoms with E-state index in [4.69, 9.17) is 16.3 Å². The molecule has 3 nitrogen and oxygen atoms in total. The summed E-state index contributed by atoms with van der Waals surface area (Å²) in [6.07, 6.45) is 2.49. The minimum atomic E-state index is 0.127. The van der Waals surface area contributed by atoms with Gasteiger partial charge in [0.1, 0.15) is 5.75 Å². The van der Waals surface area contributed by atoms with E-state index in [0.29, 0.717) is 18.8 Å². The molecule has 0 atom stereocenters. The Bertz CT molecular complexity index is 395. The predicted molar refractivity (Wildman–Crippen MR) is 78.9 cm³/mol. The topological polar surface area (TPSA) is 29.5 Å². The third kappa shape index (κ3) is 5.52. The lowest BCUT2D eigenvalue weighted by Crippen LogP contribution is -2.34. The first-order valence-electron chi connectivity index (χ1n) is 6.68. The Morgan fingerprint density at radius 1 is 1.37 bits per heavy atom. The molecule has 0 bridgehead atoms. The van der Waals surface area contributed by atoms with Crippen LogP contribution in [0.15, 0.2) is 24.3 Å². The van der Waals surface area contributed by atoms with Gasteiger partial charge in [-0.1, -0.05) is 25.5 Å². The Hall–Kier alpha value is -1.22. The summed E-state index contributed by atoms with van der Waals surface area (Å²) in [7, 11) is 1.63. The molecule has 0 heterocycles. The van der Waals surface area contributed by atoms with E-state index in [1.54, 1.807) is 7.11 Å². The maximum atomic E-state index is 12.2. The molecule has 0 unspecified atom stereocenters. The van der Waals surface area contributed by atoms with Crippen molar-refractivity contribution in [1.82, 2.24) is 4.90 Å². The lowest BCUT2D eigenvalue weighted by atomic mass is 10.1. The summed E-state index contributed by atoms with van der Waals surface area (Å²) in [5.41, 5.74) is 0.973. The molecule has 0 aliphatic heterocycles. The summed E-state index contributed by atoms with van der Waals surface area (Å²) in [5.74, 6) is 1.39. The van der Waals surface area contributed by atoms with Crippen molar-refractivity contribution in [1.29, 1.82) is 0 Å². The Morgan fingerprint density at radius 2 is 2.16 bits per heavy atom. The molecule has 106 valence electrons. The van der Waals surface area contributed by atoms with Crippen LogP contribution in [0.5, 0.6) is 5.75 Å². The number of rotatable bonds is 8. The minimum Gasteiger partial charge on any atom is -0.497 e. The fourth-order valence-electron chi connectivity index (χ4n) is 1.88. The number of ether oxygens (including phenoxy) is 1. The summed E-state index contributed by atoms with van der Waals surface area (Å²) >= 11 is 5.76. The molecule has 1 rings (SSSR count). The van der Waals surface area contributed by atoms with Gasteiger partial charge in [-0.15, -0.1) is 11.6 Å². The summed E-state index contributed by atoms with van der Waals surface area (Å²) in [5, 5.41) is 0.